The molecule has 0 spiro atoms. The third-order valence-electron chi connectivity index (χ3n) is 5.90. The van der Waals surface area contributed by atoms with Crippen molar-refractivity contribution in [2.45, 2.75) is 12.5 Å². The molecule has 1 aromatic heterocycles. The Bertz CT molecular complexity index is 1300. The van der Waals surface area contributed by atoms with Crippen LogP contribution < -0.4 is 10.1 Å². The molecular formula is C25H21Cl2N3O2. The molecule has 2 N–H and O–H groups in total. The highest BCUT2D eigenvalue weighted by atomic mass is 35.5. The maximum atomic E-state index is 13.4. The van der Waals surface area contributed by atoms with E-state index in [-0.39, 0.29) is 12.1 Å². The Kier molecular flexibility index (Phi) is 5.45. The van der Waals surface area contributed by atoms with E-state index in [1.54, 1.807) is 19.2 Å². The number of benzene rings is 3. The second kappa shape index (κ2) is 8.41. The highest BCUT2D eigenvalue weighted by molar-refractivity contribution is 6.33. The average molecular weight is 466 g/mol. The Morgan fingerprint density at radius 1 is 1.09 bits per heavy atom. The molecule has 5 nitrogen and oxygen atoms in total. The Labute approximate surface area is 195 Å². The molecule has 0 bridgehead atoms. The van der Waals surface area contributed by atoms with E-state index in [4.69, 9.17) is 27.9 Å². The van der Waals surface area contributed by atoms with Gasteiger partial charge < -0.3 is 19.9 Å². The first kappa shape index (κ1) is 20.7. The Hall–Kier alpha value is -3.15. The van der Waals surface area contributed by atoms with Crippen LogP contribution in [0.2, 0.25) is 10.0 Å². The summed E-state index contributed by atoms with van der Waals surface area (Å²) < 4.78 is 5.32. The fourth-order valence-corrected chi connectivity index (χ4v) is 4.72. The summed E-state index contributed by atoms with van der Waals surface area (Å²) in [5, 5.41) is 5.26. The number of carbonyl (C=O) groups excluding carboxylic acids is 1. The van der Waals surface area contributed by atoms with Crippen LogP contribution >= 0.6 is 23.2 Å². The Morgan fingerprint density at radius 2 is 1.88 bits per heavy atom. The lowest BCUT2D eigenvalue weighted by molar-refractivity contribution is 0.193. The van der Waals surface area contributed by atoms with Gasteiger partial charge in [0, 0.05) is 28.2 Å². The van der Waals surface area contributed by atoms with Crippen LogP contribution in [0.4, 0.5) is 10.5 Å². The first-order chi connectivity index (χ1) is 15.5. The van der Waals surface area contributed by atoms with Gasteiger partial charge in [-0.2, -0.15) is 0 Å². The summed E-state index contributed by atoms with van der Waals surface area (Å²) in [5.74, 6) is 0.764. The molecule has 32 heavy (non-hydrogen) atoms. The number of hydrogen-bond acceptors (Lipinski definition) is 2. The molecule has 0 saturated carbocycles. The standard InChI is InChI=1S/C25H21Cl2N3O2/c1-32-17-9-6-15(7-10-17)24-23-18(19-14-16(26)8-11-21(19)28-23)12-13-30(24)25(31)29-22-5-3-2-4-20(22)27/h2-11,14,24,28H,12-13H2,1H3,(H,29,31)/t24-/m0/s1. The molecule has 1 aliphatic rings. The number of nitrogens with one attached hydrogen (secondary N) is 2. The van der Waals surface area contributed by atoms with Gasteiger partial charge in [0.1, 0.15) is 5.75 Å². The molecule has 7 heteroatoms. The molecular weight excluding hydrogens is 445 g/mol. The van der Waals surface area contributed by atoms with E-state index >= 15 is 0 Å². The number of ether oxygens (including phenoxy) is 1. The van der Waals surface area contributed by atoms with Gasteiger partial charge in [0.05, 0.1) is 23.9 Å². The second-order valence-corrected chi connectivity index (χ2v) is 8.58. The molecule has 2 heterocycles. The summed E-state index contributed by atoms with van der Waals surface area (Å²) in [6.07, 6.45) is 0.721. The molecule has 0 fully saturated rings. The summed E-state index contributed by atoms with van der Waals surface area (Å²) in [4.78, 5) is 18.8. The minimum absolute atomic E-state index is 0.207. The van der Waals surface area contributed by atoms with Gasteiger partial charge in [-0.15, -0.1) is 0 Å². The van der Waals surface area contributed by atoms with E-state index < -0.39 is 0 Å². The fraction of sp³-hybridized carbons (Fsp3) is 0.160. The van der Waals surface area contributed by atoms with E-state index in [0.717, 1.165) is 34.3 Å². The molecule has 162 valence electrons. The molecule has 0 aliphatic carbocycles. The molecule has 4 aromatic rings. The lowest BCUT2D eigenvalue weighted by atomic mass is 9.92. The van der Waals surface area contributed by atoms with Crippen molar-refractivity contribution < 1.29 is 9.53 Å². The maximum Gasteiger partial charge on any atom is 0.322 e. The van der Waals surface area contributed by atoms with Crippen LogP contribution in [0, 0.1) is 0 Å². The van der Waals surface area contributed by atoms with Crippen LogP contribution in [0.15, 0.2) is 66.7 Å². The van der Waals surface area contributed by atoms with Crippen LogP contribution in [-0.2, 0) is 6.42 Å². The normalized spacial score (nSPS) is 15.5. The van der Waals surface area contributed by atoms with Gasteiger partial charge in [0.15, 0.2) is 0 Å². The third kappa shape index (κ3) is 3.68. The number of aromatic amines is 1. The largest absolute Gasteiger partial charge is 0.497 e. The topological polar surface area (TPSA) is 57.4 Å². The summed E-state index contributed by atoms with van der Waals surface area (Å²) in [5.41, 5.74) is 4.75. The monoisotopic (exact) mass is 465 g/mol. The van der Waals surface area contributed by atoms with Crippen molar-refractivity contribution in [3.8, 4) is 5.75 Å². The highest BCUT2D eigenvalue weighted by Gasteiger charge is 2.35. The quantitative estimate of drug-likeness (QED) is 0.355. The van der Waals surface area contributed by atoms with Crippen LogP contribution in [0.25, 0.3) is 10.9 Å². The lowest BCUT2D eigenvalue weighted by Crippen LogP contribution is -2.43. The van der Waals surface area contributed by atoms with Gasteiger partial charge >= 0.3 is 6.03 Å². The lowest BCUT2D eigenvalue weighted by Gasteiger charge is -2.36. The van der Waals surface area contributed by atoms with Crippen LogP contribution in [0.3, 0.4) is 0 Å². The summed E-state index contributed by atoms with van der Waals surface area (Å²) >= 11 is 12.6. The molecule has 1 atom stereocenters. The van der Waals surface area contributed by atoms with E-state index in [9.17, 15) is 4.79 Å². The fourth-order valence-electron chi connectivity index (χ4n) is 4.36. The molecule has 0 saturated heterocycles. The first-order valence-corrected chi connectivity index (χ1v) is 11.1. The number of amides is 2. The zero-order valence-electron chi connectivity index (χ0n) is 17.4. The number of rotatable bonds is 3. The number of anilines is 1. The molecule has 1 aliphatic heterocycles. The van der Waals surface area contributed by atoms with Gasteiger partial charge in [0.2, 0.25) is 0 Å². The van der Waals surface area contributed by atoms with Gasteiger partial charge in [-0.25, -0.2) is 4.79 Å². The number of aromatic nitrogens is 1. The molecule has 3 aromatic carbocycles. The Morgan fingerprint density at radius 3 is 2.62 bits per heavy atom. The van der Waals surface area contributed by atoms with E-state index in [0.29, 0.717) is 22.3 Å². The minimum atomic E-state index is -0.293. The smallest absolute Gasteiger partial charge is 0.322 e. The van der Waals surface area contributed by atoms with Crippen LogP contribution in [0.5, 0.6) is 5.75 Å². The van der Waals surface area contributed by atoms with Crippen molar-refractivity contribution in [1.82, 2.24) is 9.88 Å². The van der Waals surface area contributed by atoms with Crippen molar-refractivity contribution >= 4 is 45.8 Å². The summed E-state index contributed by atoms with van der Waals surface area (Å²) in [7, 11) is 1.64. The minimum Gasteiger partial charge on any atom is -0.497 e. The van der Waals surface area contributed by atoms with E-state index in [1.165, 1.54) is 5.56 Å². The second-order valence-electron chi connectivity index (χ2n) is 7.74. The number of halogens is 2. The number of nitrogens with zero attached hydrogens (tertiary/aromatic N) is 1. The number of methoxy groups -OCH3 is 1. The van der Waals surface area contributed by atoms with Crippen molar-refractivity contribution in [1.29, 1.82) is 0 Å². The number of carbonyl (C=O) groups is 1. The van der Waals surface area contributed by atoms with Crippen LogP contribution in [0.1, 0.15) is 22.9 Å². The van der Waals surface area contributed by atoms with Crippen molar-refractivity contribution in [3.05, 3.63) is 93.6 Å². The molecule has 2 amide bonds. The zero-order chi connectivity index (χ0) is 22.2. The predicted molar refractivity (Wildman–Crippen MR) is 129 cm³/mol. The van der Waals surface area contributed by atoms with Crippen LogP contribution in [-0.4, -0.2) is 29.6 Å². The number of urea groups is 1. The maximum absolute atomic E-state index is 13.4. The molecule has 0 unspecified atom stereocenters. The van der Waals surface area contributed by atoms with E-state index in [2.05, 4.69) is 10.3 Å². The highest BCUT2D eigenvalue weighted by Crippen LogP contribution is 2.40. The first-order valence-electron chi connectivity index (χ1n) is 10.3. The van der Waals surface area contributed by atoms with Gasteiger partial charge in [-0.1, -0.05) is 47.5 Å². The number of hydrogen-bond donors (Lipinski definition) is 2. The van der Waals surface area contributed by atoms with Crippen molar-refractivity contribution in [2.75, 3.05) is 19.0 Å². The number of H-pyrrole nitrogens is 1. The zero-order valence-corrected chi connectivity index (χ0v) is 18.9. The number of fused-ring (bicyclic) bond motifs is 3. The third-order valence-corrected chi connectivity index (χ3v) is 6.46. The van der Waals surface area contributed by atoms with Crippen molar-refractivity contribution in [3.63, 3.8) is 0 Å². The van der Waals surface area contributed by atoms with Gasteiger partial charge in [-0.05, 0) is 60.0 Å². The predicted octanol–water partition coefficient (Wildman–Crippen LogP) is 6.66. The molecule has 5 rings (SSSR count). The van der Waals surface area contributed by atoms with Crippen molar-refractivity contribution in [2.24, 2.45) is 0 Å². The van der Waals surface area contributed by atoms with E-state index in [1.807, 2.05) is 59.5 Å². The number of para-hydroxylation sites is 1. The summed E-state index contributed by atoms with van der Waals surface area (Å²) in [6.45, 7) is 0.555. The summed E-state index contributed by atoms with van der Waals surface area (Å²) in [6, 6.07) is 20.4. The average Bonchev–Trinajstić information content (AvgIpc) is 3.18. The van der Waals surface area contributed by atoms with Gasteiger partial charge in [0.25, 0.3) is 0 Å². The SMILES string of the molecule is COc1ccc([C@H]2c3[nH]c4ccc(Cl)cc4c3CCN2C(=O)Nc2ccccc2Cl)cc1. The Balaban J connectivity index is 1.59. The van der Waals surface area contributed by atoms with Gasteiger partial charge in [-0.3, -0.25) is 0 Å². The molecule has 0 radical (unpaired) electrons.